The van der Waals surface area contributed by atoms with Crippen molar-refractivity contribution < 1.29 is 8.42 Å². The molecule has 0 aromatic heterocycles. The topological polar surface area (TPSA) is 60.2 Å². The number of hydrogen-bond donors (Lipinski definition) is 1. The Kier molecular flexibility index (Phi) is 4.10. The highest BCUT2D eigenvalue weighted by Gasteiger charge is 2.17. The summed E-state index contributed by atoms with van der Waals surface area (Å²) in [6.07, 6.45) is 0. The zero-order valence-electron chi connectivity index (χ0n) is 9.97. The Hall–Kier alpha value is -0.870. The van der Waals surface area contributed by atoms with Gasteiger partial charge in [-0.25, -0.2) is 8.42 Å². The van der Waals surface area contributed by atoms with E-state index in [2.05, 4.69) is 0 Å². The van der Waals surface area contributed by atoms with Crippen molar-refractivity contribution in [3.05, 3.63) is 29.8 Å². The third kappa shape index (κ3) is 3.32. The molecule has 1 aromatic rings. The average molecular weight is 241 g/mol. The summed E-state index contributed by atoms with van der Waals surface area (Å²) in [4.78, 5) is 0.371. The van der Waals surface area contributed by atoms with Gasteiger partial charge < -0.3 is 5.73 Å². The minimum Gasteiger partial charge on any atom is -0.327 e. The SMILES string of the molecule is CC(C)c1cccc(S(=O)(=O)C[C@@H](C)N)c1. The van der Waals surface area contributed by atoms with Crippen molar-refractivity contribution >= 4 is 9.84 Å². The normalized spacial score (nSPS) is 14.1. The van der Waals surface area contributed by atoms with Crippen molar-refractivity contribution in [3.8, 4) is 0 Å². The molecule has 0 saturated carbocycles. The van der Waals surface area contributed by atoms with Crippen LogP contribution in [0.4, 0.5) is 0 Å². The fourth-order valence-electron chi connectivity index (χ4n) is 1.51. The number of hydrogen-bond acceptors (Lipinski definition) is 3. The molecule has 90 valence electrons. The molecule has 16 heavy (non-hydrogen) atoms. The Morgan fingerprint density at radius 2 is 1.88 bits per heavy atom. The van der Waals surface area contributed by atoms with Crippen LogP contribution in [-0.2, 0) is 9.84 Å². The molecular weight excluding hydrogens is 222 g/mol. The summed E-state index contributed by atoms with van der Waals surface area (Å²) in [6.45, 7) is 5.78. The van der Waals surface area contributed by atoms with Crippen LogP contribution >= 0.6 is 0 Å². The van der Waals surface area contributed by atoms with Crippen LogP contribution in [0.3, 0.4) is 0 Å². The summed E-state index contributed by atoms with van der Waals surface area (Å²) in [5, 5.41) is 0. The van der Waals surface area contributed by atoms with E-state index in [9.17, 15) is 8.42 Å². The van der Waals surface area contributed by atoms with Crippen LogP contribution in [-0.4, -0.2) is 20.2 Å². The van der Waals surface area contributed by atoms with Crippen molar-refractivity contribution in [2.24, 2.45) is 5.73 Å². The van der Waals surface area contributed by atoms with E-state index >= 15 is 0 Å². The van der Waals surface area contributed by atoms with Crippen LogP contribution in [0.15, 0.2) is 29.2 Å². The lowest BCUT2D eigenvalue weighted by atomic mass is 10.0. The first-order chi connectivity index (χ1) is 7.33. The lowest BCUT2D eigenvalue weighted by molar-refractivity contribution is 0.590. The molecule has 1 aromatic carbocycles. The third-order valence-corrected chi connectivity index (χ3v) is 4.30. The molecule has 3 nitrogen and oxygen atoms in total. The monoisotopic (exact) mass is 241 g/mol. The Morgan fingerprint density at radius 3 is 2.38 bits per heavy atom. The fourth-order valence-corrected chi connectivity index (χ4v) is 3.00. The largest absolute Gasteiger partial charge is 0.327 e. The van der Waals surface area contributed by atoms with Crippen LogP contribution in [0, 0.1) is 0 Å². The Morgan fingerprint density at radius 1 is 1.25 bits per heavy atom. The molecule has 2 N–H and O–H groups in total. The summed E-state index contributed by atoms with van der Waals surface area (Å²) in [5.74, 6) is 0.319. The van der Waals surface area contributed by atoms with Crippen molar-refractivity contribution in [2.75, 3.05) is 5.75 Å². The van der Waals surface area contributed by atoms with Crippen molar-refractivity contribution in [2.45, 2.75) is 37.6 Å². The van der Waals surface area contributed by atoms with Crippen LogP contribution in [0.25, 0.3) is 0 Å². The quantitative estimate of drug-likeness (QED) is 0.876. The van der Waals surface area contributed by atoms with Gasteiger partial charge in [0.2, 0.25) is 0 Å². The van der Waals surface area contributed by atoms with Gasteiger partial charge in [0.15, 0.2) is 9.84 Å². The fraction of sp³-hybridized carbons (Fsp3) is 0.500. The van der Waals surface area contributed by atoms with Gasteiger partial charge in [-0.1, -0.05) is 26.0 Å². The van der Waals surface area contributed by atoms with E-state index in [0.717, 1.165) is 5.56 Å². The summed E-state index contributed by atoms with van der Waals surface area (Å²) >= 11 is 0. The minimum absolute atomic E-state index is 0.00541. The number of sulfone groups is 1. The van der Waals surface area contributed by atoms with E-state index in [1.807, 2.05) is 19.9 Å². The lowest BCUT2D eigenvalue weighted by Gasteiger charge is -2.10. The van der Waals surface area contributed by atoms with Gasteiger partial charge in [0.05, 0.1) is 10.6 Å². The Bertz CT molecular complexity index is 450. The first-order valence-corrected chi connectivity index (χ1v) is 7.06. The second kappa shape index (κ2) is 4.97. The molecule has 0 unspecified atom stereocenters. The molecule has 0 radical (unpaired) electrons. The van der Waals surface area contributed by atoms with Crippen LogP contribution in [0.5, 0.6) is 0 Å². The van der Waals surface area contributed by atoms with Gasteiger partial charge in [-0.3, -0.25) is 0 Å². The first kappa shape index (κ1) is 13.2. The molecule has 0 saturated heterocycles. The summed E-state index contributed by atoms with van der Waals surface area (Å²) in [5.41, 5.74) is 6.57. The minimum atomic E-state index is -3.24. The molecule has 1 atom stereocenters. The molecule has 0 spiro atoms. The van der Waals surface area contributed by atoms with Crippen molar-refractivity contribution in [3.63, 3.8) is 0 Å². The smallest absolute Gasteiger partial charge is 0.179 e. The van der Waals surface area contributed by atoms with Gasteiger partial charge in [-0.05, 0) is 30.5 Å². The zero-order valence-corrected chi connectivity index (χ0v) is 10.8. The highest BCUT2D eigenvalue weighted by Crippen LogP contribution is 2.19. The van der Waals surface area contributed by atoms with Gasteiger partial charge in [0, 0.05) is 6.04 Å². The van der Waals surface area contributed by atoms with E-state index in [4.69, 9.17) is 5.73 Å². The first-order valence-electron chi connectivity index (χ1n) is 5.41. The summed E-state index contributed by atoms with van der Waals surface area (Å²) in [6, 6.07) is 6.75. The lowest BCUT2D eigenvalue weighted by Crippen LogP contribution is -2.26. The third-order valence-electron chi connectivity index (χ3n) is 2.37. The van der Waals surface area contributed by atoms with Gasteiger partial charge >= 0.3 is 0 Å². The van der Waals surface area contributed by atoms with Crippen LogP contribution in [0.2, 0.25) is 0 Å². The van der Waals surface area contributed by atoms with Gasteiger partial charge in [-0.2, -0.15) is 0 Å². The van der Waals surface area contributed by atoms with Gasteiger partial charge in [-0.15, -0.1) is 0 Å². The standard InChI is InChI=1S/C12H19NO2S/c1-9(2)11-5-4-6-12(7-11)16(14,15)8-10(3)13/h4-7,9-10H,8,13H2,1-3H3/t10-/m1/s1. The van der Waals surface area contributed by atoms with E-state index in [1.54, 1.807) is 25.1 Å². The highest BCUT2D eigenvalue weighted by molar-refractivity contribution is 7.91. The van der Waals surface area contributed by atoms with Crippen LogP contribution in [0.1, 0.15) is 32.3 Å². The molecule has 0 aliphatic heterocycles. The molecule has 0 aliphatic rings. The molecular formula is C12H19NO2S. The molecule has 0 fully saturated rings. The predicted octanol–water partition coefficient (Wildman–Crippen LogP) is 1.93. The number of benzene rings is 1. The molecule has 1 rings (SSSR count). The van der Waals surface area contributed by atoms with Crippen LogP contribution < -0.4 is 5.73 Å². The average Bonchev–Trinajstić information content (AvgIpc) is 2.16. The summed E-state index contributed by atoms with van der Waals surface area (Å²) in [7, 11) is -3.24. The van der Waals surface area contributed by atoms with Crippen molar-refractivity contribution in [1.29, 1.82) is 0 Å². The van der Waals surface area contributed by atoms with E-state index in [1.165, 1.54) is 0 Å². The molecule has 0 bridgehead atoms. The van der Waals surface area contributed by atoms with Gasteiger partial charge in [0.25, 0.3) is 0 Å². The van der Waals surface area contributed by atoms with Gasteiger partial charge in [0.1, 0.15) is 0 Å². The number of nitrogens with two attached hydrogens (primary N) is 1. The molecule has 4 heteroatoms. The Labute approximate surface area is 97.6 Å². The maximum Gasteiger partial charge on any atom is 0.179 e. The van der Waals surface area contributed by atoms with E-state index in [-0.39, 0.29) is 11.8 Å². The molecule has 0 amide bonds. The number of rotatable bonds is 4. The predicted molar refractivity (Wildman–Crippen MR) is 66.2 cm³/mol. The molecule has 0 aliphatic carbocycles. The highest BCUT2D eigenvalue weighted by atomic mass is 32.2. The second-order valence-corrected chi connectivity index (χ2v) is 6.52. The maximum absolute atomic E-state index is 11.9. The molecule has 0 heterocycles. The summed E-state index contributed by atoms with van der Waals surface area (Å²) < 4.78 is 23.9. The zero-order chi connectivity index (χ0) is 12.3. The van der Waals surface area contributed by atoms with Crippen molar-refractivity contribution in [1.82, 2.24) is 0 Å². The second-order valence-electron chi connectivity index (χ2n) is 4.49. The maximum atomic E-state index is 11.9. The Balaban J connectivity index is 3.09. The van der Waals surface area contributed by atoms with E-state index in [0.29, 0.717) is 10.8 Å². The van der Waals surface area contributed by atoms with E-state index < -0.39 is 9.84 Å².